The number of nitrogens with zero attached hydrogens (tertiary/aromatic N) is 2. The SMILES string of the molecule is CC1CCCCN1C(=O)COc1ccccc1[N+](=O)[O-]. The average Bonchev–Trinajstić information content (AvgIpc) is 2.45. The Hall–Kier alpha value is -2.11. The number of piperidine rings is 1. The van der Waals surface area contributed by atoms with Crippen LogP contribution in [-0.4, -0.2) is 34.9 Å². The van der Waals surface area contributed by atoms with Gasteiger partial charge in [-0.25, -0.2) is 0 Å². The second kappa shape index (κ2) is 6.36. The summed E-state index contributed by atoms with van der Waals surface area (Å²) in [7, 11) is 0. The summed E-state index contributed by atoms with van der Waals surface area (Å²) in [5, 5.41) is 10.9. The first-order valence-corrected chi connectivity index (χ1v) is 6.75. The van der Waals surface area contributed by atoms with Crippen LogP contribution in [0.25, 0.3) is 0 Å². The largest absolute Gasteiger partial charge is 0.477 e. The van der Waals surface area contributed by atoms with Crippen LogP contribution in [0.4, 0.5) is 5.69 Å². The summed E-state index contributed by atoms with van der Waals surface area (Å²) in [5.41, 5.74) is -0.119. The quantitative estimate of drug-likeness (QED) is 0.626. The lowest BCUT2D eigenvalue weighted by molar-refractivity contribution is -0.385. The summed E-state index contributed by atoms with van der Waals surface area (Å²) in [6, 6.07) is 6.30. The molecule has 0 bridgehead atoms. The molecule has 0 aliphatic carbocycles. The average molecular weight is 278 g/mol. The Morgan fingerprint density at radius 1 is 1.45 bits per heavy atom. The molecule has 0 saturated carbocycles. The molecule has 1 fully saturated rings. The number of hydrogen-bond acceptors (Lipinski definition) is 4. The van der Waals surface area contributed by atoms with Crippen molar-refractivity contribution in [1.29, 1.82) is 0 Å². The molecule has 1 aliphatic heterocycles. The third-order valence-corrected chi connectivity index (χ3v) is 3.54. The van der Waals surface area contributed by atoms with Gasteiger partial charge in [-0.3, -0.25) is 14.9 Å². The van der Waals surface area contributed by atoms with Crippen LogP contribution in [0.15, 0.2) is 24.3 Å². The first-order chi connectivity index (χ1) is 9.59. The molecule has 1 aliphatic rings. The molecule has 6 heteroatoms. The van der Waals surface area contributed by atoms with Crippen LogP contribution in [0.1, 0.15) is 26.2 Å². The number of benzene rings is 1. The van der Waals surface area contributed by atoms with E-state index < -0.39 is 4.92 Å². The second-order valence-electron chi connectivity index (χ2n) is 4.95. The molecule has 20 heavy (non-hydrogen) atoms. The smallest absolute Gasteiger partial charge is 0.310 e. The fourth-order valence-electron chi connectivity index (χ4n) is 2.42. The van der Waals surface area contributed by atoms with E-state index in [9.17, 15) is 14.9 Å². The van der Waals surface area contributed by atoms with E-state index in [2.05, 4.69) is 0 Å². The zero-order valence-corrected chi connectivity index (χ0v) is 11.4. The summed E-state index contributed by atoms with van der Waals surface area (Å²) >= 11 is 0. The van der Waals surface area contributed by atoms with Gasteiger partial charge in [0.25, 0.3) is 5.91 Å². The van der Waals surface area contributed by atoms with Crippen LogP contribution >= 0.6 is 0 Å². The highest BCUT2D eigenvalue weighted by molar-refractivity contribution is 5.78. The zero-order chi connectivity index (χ0) is 14.5. The number of carbonyl (C=O) groups excluding carboxylic acids is 1. The minimum atomic E-state index is -0.511. The van der Waals surface area contributed by atoms with E-state index in [1.165, 1.54) is 12.1 Å². The molecule has 1 saturated heterocycles. The maximum atomic E-state index is 12.1. The van der Waals surface area contributed by atoms with Gasteiger partial charge in [0.1, 0.15) is 0 Å². The highest BCUT2D eigenvalue weighted by atomic mass is 16.6. The number of nitro benzene ring substituents is 1. The van der Waals surface area contributed by atoms with Crippen molar-refractivity contribution >= 4 is 11.6 Å². The lowest BCUT2D eigenvalue weighted by Gasteiger charge is -2.33. The van der Waals surface area contributed by atoms with E-state index in [1.807, 2.05) is 6.92 Å². The van der Waals surface area contributed by atoms with E-state index >= 15 is 0 Å². The van der Waals surface area contributed by atoms with E-state index in [-0.39, 0.29) is 30.0 Å². The van der Waals surface area contributed by atoms with E-state index in [0.29, 0.717) is 0 Å². The van der Waals surface area contributed by atoms with Crippen LogP contribution in [0.2, 0.25) is 0 Å². The molecule has 1 amide bonds. The van der Waals surface area contributed by atoms with Crippen LogP contribution in [0, 0.1) is 10.1 Å². The lowest BCUT2D eigenvalue weighted by atomic mass is 10.0. The number of ether oxygens (including phenoxy) is 1. The number of carbonyl (C=O) groups is 1. The molecule has 2 rings (SSSR count). The normalized spacial score (nSPS) is 18.6. The summed E-state index contributed by atoms with van der Waals surface area (Å²) in [4.78, 5) is 24.2. The van der Waals surface area contributed by atoms with E-state index in [4.69, 9.17) is 4.74 Å². The van der Waals surface area contributed by atoms with Crippen molar-refractivity contribution in [2.24, 2.45) is 0 Å². The number of likely N-dealkylation sites (tertiary alicyclic amines) is 1. The molecule has 0 spiro atoms. The topological polar surface area (TPSA) is 72.7 Å². The molecular weight excluding hydrogens is 260 g/mol. The maximum Gasteiger partial charge on any atom is 0.310 e. The van der Waals surface area contributed by atoms with Gasteiger partial charge in [0.15, 0.2) is 12.4 Å². The van der Waals surface area contributed by atoms with Gasteiger partial charge < -0.3 is 9.64 Å². The lowest BCUT2D eigenvalue weighted by Crippen LogP contribution is -2.44. The van der Waals surface area contributed by atoms with Gasteiger partial charge in [0, 0.05) is 18.7 Å². The van der Waals surface area contributed by atoms with Crippen molar-refractivity contribution < 1.29 is 14.5 Å². The monoisotopic (exact) mass is 278 g/mol. The molecule has 6 nitrogen and oxygen atoms in total. The Kier molecular flexibility index (Phi) is 4.55. The van der Waals surface area contributed by atoms with E-state index in [0.717, 1.165) is 25.8 Å². The number of nitro groups is 1. The van der Waals surface area contributed by atoms with Crippen LogP contribution < -0.4 is 4.74 Å². The van der Waals surface area contributed by atoms with Crippen LogP contribution in [-0.2, 0) is 4.79 Å². The van der Waals surface area contributed by atoms with Gasteiger partial charge in [-0.05, 0) is 32.3 Å². The first kappa shape index (κ1) is 14.3. The van der Waals surface area contributed by atoms with Crippen LogP contribution in [0.3, 0.4) is 0 Å². The third kappa shape index (κ3) is 3.26. The van der Waals surface area contributed by atoms with Crippen molar-refractivity contribution in [3.05, 3.63) is 34.4 Å². The van der Waals surface area contributed by atoms with Crippen molar-refractivity contribution in [3.8, 4) is 5.75 Å². The number of amides is 1. The molecule has 0 radical (unpaired) electrons. The predicted molar refractivity (Wildman–Crippen MR) is 73.6 cm³/mol. The maximum absolute atomic E-state index is 12.1. The number of rotatable bonds is 4. The third-order valence-electron chi connectivity index (χ3n) is 3.54. The first-order valence-electron chi connectivity index (χ1n) is 6.75. The van der Waals surface area contributed by atoms with E-state index in [1.54, 1.807) is 17.0 Å². The molecule has 1 unspecified atom stereocenters. The molecule has 0 N–H and O–H groups in total. The van der Waals surface area contributed by atoms with Gasteiger partial charge in [0.05, 0.1) is 4.92 Å². The van der Waals surface area contributed by atoms with Crippen LogP contribution in [0.5, 0.6) is 5.75 Å². The number of hydrogen-bond donors (Lipinski definition) is 0. The highest BCUT2D eigenvalue weighted by Gasteiger charge is 2.24. The van der Waals surface area contributed by atoms with Crippen molar-refractivity contribution in [3.63, 3.8) is 0 Å². The fourth-order valence-corrected chi connectivity index (χ4v) is 2.42. The second-order valence-corrected chi connectivity index (χ2v) is 4.95. The molecule has 1 aromatic rings. The van der Waals surface area contributed by atoms with Gasteiger partial charge in [-0.1, -0.05) is 12.1 Å². The van der Waals surface area contributed by atoms with Crippen molar-refractivity contribution in [2.75, 3.05) is 13.2 Å². The highest BCUT2D eigenvalue weighted by Crippen LogP contribution is 2.26. The number of para-hydroxylation sites is 2. The van der Waals surface area contributed by atoms with Crippen molar-refractivity contribution in [2.45, 2.75) is 32.2 Å². The summed E-state index contributed by atoms with van der Waals surface area (Å²) in [6.07, 6.45) is 3.13. The molecule has 108 valence electrons. The molecule has 1 heterocycles. The Balaban J connectivity index is 1.98. The summed E-state index contributed by atoms with van der Waals surface area (Å²) in [5.74, 6) is 0.0193. The molecule has 1 atom stereocenters. The molecule has 1 aromatic carbocycles. The Morgan fingerprint density at radius 3 is 2.90 bits per heavy atom. The standard InChI is InChI=1S/C14H18N2O4/c1-11-6-4-5-9-15(11)14(17)10-20-13-8-3-2-7-12(13)16(18)19/h2-3,7-8,11H,4-6,9-10H2,1H3. The van der Waals surface area contributed by atoms with Gasteiger partial charge in [-0.2, -0.15) is 0 Å². The zero-order valence-electron chi connectivity index (χ0n) is 11.4. The Labute approximate surface area is 117 Å². The van der Waals surface area contributed by atoms with Crippen molar-refractivity contribution in [1.82, 2.24) is 4.90 Å². The fraction of sp³-hybridized carbons (Fsp3) is 0.500. The van der Waals surface area contributed by atoms with Gasteiger partial charge in [0.2, 0.25) is 0 Å². The van der Waals surface area contributed by atoms with Gasteiger partial charge >= 0.3 is 5.69 Å². The minimum absolute atomic E-state index is 0.115. The predicted octanol–water partition coefficient (Wildman–Crippen LogP) is 2.37. The summed E-state index contributed by atoms with van der Waals surface area (Å²) < 4.78 is 5.33. The Bertz CT molecular complexity index is 504. The molecule has 0 aromatic heterocycles. The molecular formula is C14H18N2O4. The Morgan fingerprint density at radius 2 is 2.20 bits per heavy atom. The summed E-state index contributed by atoms with van der Waals surface area (Å²) in [6.45, 7) is 2.59. The minimum Gasteiger partial charge on any atom is -0.477 e. The van der Waals surface area contributed by atoms with Gasteiger partial charge in [-0.15, -0.1) is 0 Å².